The van der Waals surface area contributed by atoms with Crippen LogP contribution in [0.5, 0.6) is 0 Å². The van der Waals surface area contributed by atoms with Crippen molar-refractivity contribution in [1.29, 1.82) is 0 Å². The van der Waals surface area contributed by atoms with E-state index in [0.717, 1.165) is 45.6 Å². The molecule has 0 aliphatic carbocycles. The van der Waals surface area contributed by atoms with E-state index in [-0.39, 0.29) is 16.1 Å². The molecule has 0 spiro atoms. The quantitative estimate of drug-likeness (QED) is 0.657. The minimum absolute atomic E-state index is 0.0538. The minimum Gasteiger partial charge on any atom is -0.478 e. The standard InChI is InChI=1S/C23H30N4O4S/c1-17-7-2-3-9-21(17)32(30,31)25-20-13-19(23(28)29)14-24-22(20)27-12-6-8-18(16-27)15-26-10-4-5-11-26/h2-3,7,9,13-14,18,25H,4-6,8,10-12,15-16H2,1H3,(H,28,29)/t18-/m0/s1. The number of benzene rings is 1. The van der Waals surface area contributed by atoms with Crippen molar-refractivity contribution < 1.29 is 18.3 Å². The second-order valence-corrected chi connectivity index (χ2v) is 10.4. The Kier molecular flexibility index (Phi) is 6.66. The van der Waals surface area contributed by atoms with Gasteiger partial charge in [0.05, 0.1) is 16.1 Å². The lowest BCUT2D eigenvalue weighted by molar-refractivity contribution is 0.0696. The summed E-state index contributed by atoms with van der Waals surface area (Å²) in [7, 11) is -3.90. The third kappa shape index (κ3) is 5.05. The normalized spacial score (nSPS) is 19.8. The number of sulfonamides is 1. The van der Waals surface area contributed by atoms with Crippen molar-refractivity contribution in [2.24, 2.45) is 5.92 Å². The van der Waals surface area contributed by atoms with E-state index >= 15 is 0 Å². The Hall–Kier alpha value is -2.65. The molecular weight excluding hydrogens is 428 g/mol. The van der Waals surface area contributed by atoms with Crippen molar-refractivity contribution in [3.63, 3.8) is 0 Å². The molecule has 172 valence electrons. The number of pyridine rings is 1. The molecule has 0 amide bonds. The van der Waals surface area contributed by atoms with Crippen LogP contribution in [-0.4, -0.2) is 62.1 Å². The van der Waals surface area contributed by atoms with Gasteiger partial charge in [0.2, 0.25) is 0 Å². The number of aryl methyl sites for hydroxylation is 1. The van der Waals surface area contributed by atoms with E-state index in [1.807, 2.05) is 0 Å². The maximum absolute atomic E-state index is 13.1. The highest BCUT2D eigenvalue weighted by Gasteiger charge is 2.27. The topological polar surface area (TPSA) is 103 Å². The molecule has 2 fully saturated rings. The zero-order chi connectivity index (χ0) is 22.7. The van der Waals surface area contributed by atoms with Crippen LogP contribution in [0.25, 0.3) is 0 Å². The molecule has 0 saturated carbocycles. The number of carboxylic acids is 1. The predicted molar refractivity (Wildman–Crippen MR) is 124 cm³/mol. The maximum atomic E-state index is 13.1. The first-order valence-corrected chi connectivity index (χ1v) is 12.6. The third-order valence-electron chi connectivity index (χ3n) is 6.27. The van der Waals surface area contributed by atoms with E-state index in [9.17, 15) is 18.3 Å². The molecule has 2 N–H and O–H groups in total. The summed E-state index contributed by atoms with van der Waals surface area (Å²) in [5.74, 6) is -0.187. The Morgan fingerprint density at radius 2 is 1.94 bits per heavy atom. The van der Waals surface area contributed by atoms with Crippen LogP contribution < -0.4 is 9.62 Å². The first-order chi connectivity index (χ1) is 15.3. The molecule has 1 aromatic heterocycles. The highest BCUT2D eigenvalue weighted by molar-refractivity contribution is 7.92. The van der Waals surface area contributed by atoms with Crippen molar-refractivity contribution in [3.8, 4) is 0 Å². The zero-order valence-electron chi connectivity index (χ0n) is 18.3. The molecule has 2 aliphatic rings. The molecule has 3 heterocycles. The molecule has 2 aromatic rings. The number of aromatic carboxylic acids is 1. The molecule has 1 aromatic carbocycles. The van der Waals surface area contributed by atoms with Gasteiger partial charge >= 0.3 is 5.97 Å². The van der Waals surface area contributed by atoms with Gasteiger partial charge in [-0.2, -0.15) is 0 Å². The predicted octanol–water partition coefficient (Wildman–Crippen LogP) is 3.20. The molecule has 32 heavy (non-hydrogen) atoms. The van der Waals surface area contributed by atoms with Crippen LogP contribution in [0.3, 0.4) is 0 Å². The van der Waals surface area contributed by atoms with Gasteiger partial charge in [-0.05, 0) is 69.3 Å². The van der Waals surface area contributed by atoms with Crippen molar-refractivity contribution >= 4 is 27.5 Å². The number of carbonyl (C=O) groups is 1. The van der Waals surface area contributed by atoms with E-state index in [2.05, 4.69) is 19.5 Å². The van der Waals surface area contributed by atoms with E-state index in [1.54, 1.807) is 31.2 Å². The lowest BCUT2D eigenvalue weighted by Crippen LogP contribution is -2.41. The van der Waals surface area contributed by atoms with Gasteiger partial charge in [-0.15, -0.1) is 0 Å². The number of rotatable bonds is 7. The lowest BCUT2D eigenvalue weighted by atomic mass is 9.97. The highest BCUT2D eigenvalue weighted by atomic mass is 32.2. The second kappa shape index (κ2) is 9.46. The lowest BCUT2D eigenvalue weighted by Gasteiger charge is -2.36. The molecule has 0 bridgehead atoms. The Bertz CT molecular complexity index is 1080. The van der Waals surface area contributed by atoms with Crippen LogP contribution in [0.1, 0.15) is 41.6 Å². The number of piperidine rings is 1. The SMILES string of the molecule is Cc1ccccc1S(=O)(=O)Nc1cc(C(=O)O)cnc1N1CCC[C@@H](CN2CCCC2)C1. The average Bonchev–Trinajstić information content (AvgIpc) is 3.27. The average molecular weight is 459 g/mol. The van der Waals surface area contributed by atoms with Crippen LogP contribution in [0, 0.1) is 12.8 Å². The van der Waals surface area contributed by atoms with Crippen molar-refractivity contribution in [2.45, 2.75) is 37.5 Å². The largest absolute Gasteiger partial charge is 0.478 e. The summed E-state index contributed by atoms with van der Waals surface area (Å²) in [6.45, 7) is 6.58. The first kappa shape index (κ1) is 22.5. The van der Waals surface area contributed by atoms with Gasteiger partial charge in [-0.25, -0.2) is 18.2 Å². The number of nitrogens with one attached hydrogen (secondary N) is 1. The van der Waals surface area contributed by atoms with E-state index < -0.39 is 16.0 Å². The van der Waals surface area contributed by atoms with Crippen LogP contribution in [0.4, 0.5) is 11.5 Å². The van der Waals surface area contributed by atoms with Gasteiger partial charge in [-0.1, -0.05) is 18.2 Å². The van der Waals surface area contributed by atoms with Gasteiger partial charge in [0.15, 0.2) is 5.82 Å². The monoisotopic (exact) mass is 458 g/mol. The molecule has 0 radical (unpaired) electrons. The van der Waals surface area contributed by atoms with Crippen LogP contribution in [0.15, 0.2) is 41.4 Å². The number of aromatic nitrogens is 1. The summed E-state index contributed by atoms with van der Waals surface area (Å²) >= 11 is 0. The molecule has 4 rings (SSSR count). The van der Waals surface area contributed by atoms with E-state index in [0.29, 0.717) is 17.3 Å². The molecule has 8 nitrogen and oxygen atoms in total. The van der Waals surface area contributed by atoms with E-state index in [1.165, 1.54) is 25.1 Å². The van der Waals surface area contributed by atoms with Gasteiger partial charge in [0.1, 0.15) is 0 Å². The fourth-order valence-electron chi connectivity index (χ4n) is 4.70. The van der Waals surface area contributed by atoms with Gasteiger partial charge < -0.3 is 14.9 Å². The molecular formula is C23H30N4O4S. The van der Waals surface area contributed by atoms with Crippen molar-refractivity contribution in [3.05, 3.63) is 47.7 Å². The van der Waals surface area contributed by atoms with Crippen LogP contribution >= 0.6 is 0 Å². The van der Waals surface area contributed by atoms with Gasteiger partial charge in [-0.3, -0.25) is 4.72 Å². The second-order valence-electron chi connectivity index (χ2n) is 8.73. The smallest absolute Gasteiger partial charge is 0.337 e. The fraction of sp³-hybridized carbons (Fsp3) is 0.478. The summed E-state index contributed by atoms with van der Waals surface area (Å²) in [6, 6.07) is 8.08. The number of likely N-dealkylation sites (tertiary alicyclic amines) is 1. The first-order valence-electron chi connectivity index (χ1n) is 11.1. The molecule has 2 aliphatic heterocycles. The van der Waals surface area contributed by atoms with Crippen LogP contribution in [-0.2, 0) is 10.0 Å². The molecule has 9 heteroatoms. The van der Waals surface area contributed by atoms with E-state index in [4.69, 9.17) is 0 Å². The fourth-order valence-corrected chi connectivity index (χ4v) is 6.00. The number of hydrogen-bond acceptors (Lipinski definition) is 6. The zero-order valence-corrected chi connectivity index (χ0v) is 19.1. The number of anilines is 2. The van der Waals surface area contributed by atoms with Gasteiger partial charge in [0, 0.05) is 25.8 Å². The summed E-state index contributed by atoms with van der Waals surface area (Å²) in [4.78, 5) is 20.7. The minimum atomic E-state index is -3.90. The Balaban J connectivity index is 1.62. The van der Waals surface area contributed by atoms with Gasteiger partial charge in [0.25, 0.3) is 10.0 Å². The molecule has 2 saturated heterocycles. The van der Waals surface area contributed by atoms with Crippen molar-refractivity contribution in [1.82, 2.24) is 9.88 Å². The number of nitrogens with zero attached hydrogens (tertiary/aromatic N) is 3. The summed E-state index contributed by atoms with van der Waals surface area (Å²) in [5, 5.41) is 9.44. The Labute approximate surface area is 189 Å². The van der Waals surface area contributed by atoms with Crippen molar-refractivity contribution in [2.75, 3.05) is 42.3 Å². The summed E-state index contributed by atoms with van der Waals surface area (Å²) in [5.41, 5.74) is 0.768. The number of hydrogen-bond donors (Lipinski definition) is 2. The summed E-state index contributed by atoms with van der Waals surface area (Å²) < 4.78 is 28.9. The number of carboxylic acid groups (broad SMARTS) is 1. The molecule has 0 unspecified atom stereocenters. The Morgan fingerprint density at radius 1 is 1.19 bits per heavy atom. The highest BCUT2D eigenvalue weighted by Crippen LogP contribution is 2.31. The maximum Gasteiger partial charge on any atom is 0.337 e. The van der Waals surface area contributed by atoms with Crippen LogP contribution in [0.2, 0.25) is 0 Å². The Morgan fingerprint density at radius 3 is 2.66 bits per heavy atom. The summed E-state index contributed by atoms with van der Waals surface area (Å²) in [6.07, 6.45) is 5.92. The molecule has 1 atom stereocenters. The third-order valence-corrected chi connectivity index (χ3v) is 7.80.